The first kappa shape index (κ1) is 16.8. The van der Waals surface area contributed by atoms with Crippen molar-refractivity contribution in [3.05, 3.63) is 29.8 Å². The minimum atomic E-state index is -4.43. The largest absolute Gasteiger partial charge is 0.491 e. The van der Waals surface area contributed by atoms with Gasteiger partial charge in [-0.3, -0.25) is 4.79 Å². The van der Waals surface area contributed by atoms with Crippen LogP contribution in [0.3, 0.4) is 0 Å². The number of esters is 1. The molecule has 0 aliphatic carbocycles. The average Bonchev–Trinajstić information content (AvgIpc) is 2.41. The highest BCUT2D eigenvalue weighted by Crippen LogP contribution is 2.30. The van der Waals surface area contributed by atoms with Gasteiger partial charge < -0.3 is 14.8 Å². The van der Waals surface area contributed by atoms with E-state index in [0.29, 0.717) is 0 Å². The van der Waals surface area contributed by atoms with E-state index in [1.807, 2.05) is 0 Å². The van der Waals surface area contributed by atoms with E-state index in [0.717, 1.165) is 31.4 Å². The molecule has 0 radical (unpaired) electrons. The molecule has 21 heavy (non-hydrogen) atoms. The van der Waals surface area contributed by atoms with Crippen molar-refractivity contribution in [3.63, 3.8) is 0 Å². The van der Waals surface area contributed by atoms with E-state index in [1.165, 1.54) is 6.92 Å². The zero-order valence-corrected chi connectivity index (χ0v) is 11.4. The van der Waals surface area contributed by atoms with Gasteiger partial charge in [-0.25, -0.2) is 4.79 Å². The van der Waals surface area contributed by atoms with E-state index in [1.54, 1.807) is 0 Å². The third kappa shape index (κ3) is 5.33. The lowest BCUT2D eigenvalue weighted by Crippen LogP contribution is -2.44. The Kier molecular flexibility index (Phi) is 5.57. The van der Waals surface area contributed by atoms with Crippen LogP contribution in [-0.2, 0) is 20.5 Å². The van der Waals surface area contributed by atoms with Crippen LogP contribution in [-0.4, -0.2) is 31.6 Å². The van der Waals surface area contributed by atoms with Crippen LogP contribution in [0.2, 0.25) is 0 Å². The molecule has 0 aromatic heterocycles. The van der Waals surface area contributed by atoms with Gasteiger partial charge >= 0.3 is 12.1 Å². The zero-order valence-electron chi connectivity index (χ0n) is 11.4. The number of carbonyl (C=O) groups is 2. The van der Waals surface area contributed by atoms with Gasteiger partial charge in [0.15, 0.2) is 6.04 Å². The van der Waals surface area contributed by atoms with Crippen molar-refractivity contribution in [2.24, 2.45) is 0 Å². The third-order valence-corrected chi connectivity index (χ3v) is 2.46. The highest BCUT2D eigenvalue weighted by atomic mass is 19.4. The second-order valence-electron chi connectivity index (χ2n) is 4.11. The number of alkyl halides is 3. The minimum absolute atomic E-state index is 0.141. The number of hydrogen-bond donors (Lipinski definition) is 1. The summed E-state index contributed by atoms with van der Waals surface area (Å²) in [5, 5.41) is 2.32. The van der Waals surface area contributed by atoms with E-state index in [-0.39, 0.29) is 12.4 Å². The highest BCUT2D eigenvalue weighted by molar-refractivity contribution is 5.83. The molecule has 0 aliphatic rings. The van der Waals surface area contributed by atoms with Crippen LogP contribution < -0.4 is 10.1 Å². The van der Waals surface area contributed by atoms with Crippen LogP contribution in [0.25, 0.3) is 0 Å². The summed E-state index contributed by atoms with van der Waals surface area (Å²) < 4.78 is 46.8. The van der Waals surface area contributed by atoms with Crippen molar-refractivity contribution in [1.29, 1.82) is 0 Å². The fourth-order valence-electron chi connectivity index (χ4n) is 1.48. The summed E-state index contributed by atoms with van der Waals surface area (Å²) in [5.74, 6) is -1.03. The molecule has 1 rings (SSSR count). The fourth-order valence-corrected chi connectivity index (χ4v) is 1.48. The van der Waals surface area contributed by atoms with Crippen molar-refractivity contribution < 1.29 is 32.2 Å². The maximum atomic E-state index is 12.4. The molecule has 1 amide bonds. The first-order chi connectivity index (χ1) is 9.74. The Bertz CT molecular complexity index is 499. The van der Waals surface area contributed by atoms with Crippen molar-refractivity contribution >= 4 is 11.9 Å². The molecule has 0 saturated carbocycles. The van der Waals surface area contributed by atoms with Crippen LogP contribution in [0.4, 0.5) is 13.2 Å². The van der Waals surface area contributed by atoms with E-state index < -0.39 is 29.7 Å². The van der Waals surface area contributed by atoms with Crippen LogP contribution in [0, 0.1) is 0 Å². The topological polar surface area (TPSA) is 64.6 Å². The Hall–Kier alpha value is -2.25. The number of halogens is 3. The molecule has 8 heteroatoms. The minimum Gasteiger partial charge on any atom is -0.491 e. The van der Waals surface area contributed by atoms with Gasteiger partial charge in [0.05, 0.1) is 12.7 Å². The first-order valence-corrected chi connectivity index (χ1v) is 5.89. The number of hydrogen-bond acceptors (Lipinski definition) is 4. The number of rotatable bonds is 5. The summed E-state index contributed by atoms with van der Waals surface area (Å²) in [7, 11) is 1.15. The second kappa shape index (κ2) is 6.96. The standard InChI is InChI=1S/C13H14F3NO4/c1-8(18)17-11(12(19)20-2)7-21-10-5-3-9(4-6-10)13(14,15)16/h3-6,11H,7H2,1-2H3,(H,17,18). The zero-order chi connectivity index (χ0) is 16.0. The average molecular weight is 305 g/mol. The van der Waals surface area contributed by atoms with Gasteiger partial charge in [0.2, 0.25) is 5.91 Å². The molecule has 0 aliphatic heterocycles. The van der Waals surface area contributed by atoms with Gasteiger partial charge in [-0.05, 0) is 24.3 Å². The Labute approximate surface area is 119 Å². The molecule has 0 fully saturated rings. The predicted octanol–water partition coefficient (Wildman–Crippen LogP) is 1.76. The quantitative estimate of drug-likeness (QED) is 0.842. The van der Waals surface area contributed by atoms with E-state index in [2.05, 4.69) is 10.1 Å². The maximum Gasteiger partial charge on any atom is 0.416 e. The number of carbonyl (C=O) groups excluding carboxylic acids is 2. The number of amides is 1. The van der Waals surface area contributed by atoms with Crippen LogP contribution in [0.5, 0.6) is 5.75 Å². The molecule has 1 aromatic carbocycles. The van der Waals surface area contributed by atoms with E-state index in [4.69, 9.17) is 4.74 Å². The monoisotopic (exact) mass is 305 g/mol. The molecular weight excluding hydrogens is 291 g/mol. The highest BCUT2D eigenvalue weighted by Gasteiger charge is 2.30. The molecular formula is C13H14F3NO4. The molecule has 1 N–H and O–H groups in total. The number of methoxy groups -OCH3 is 1. The summed E-state index contributed by atoms with van der Waals surface area (Å²) >= 11 is 0. The Morgan fingerprint density at radius 3 is 2.24 bits per heavy atom. The molecule has 0 heterocycles. The molecule has 1 atom stereocenters. The lowest BCUT2D eigenvalue weighted by molar-refractivity contribution is -0.145. The van der Waals surface area contributed by atoms with Crippen LogP contribution in [0.15, 0.2) is 24.3 Å². The number of nitrogens with one attached hydrogen (secondary N) is 1. The molecule has 1 aromatic rings. The Balaban J connectivity index is 2.67. The molecule has 0 spiro atoms. The summed E-state index contributed by atoms with van der Waals surface area (Å²) in [5.41, 5.74) is -0.804. The smallest absolute Gasteiger partial charge is 0.416 e. The lowest BCUT2D eigenvalue weighted by atomic mass is 10.2. The summed E-state index contributed by atoms with van der Waals surface area (Å²) in [6.07, 6.45) is -4.43. The molecule has 116 valence electrons. The van der Waals surface area contributed by atoms with Crippen LogP contribution >= 0.6 is 0 Å². The van der Waals surface area contributed by atoms with Gasteiger partial charge in [-0.2, -0.15) is 13.2 Å². The SMILES string of the molecule is COC(=O)C(COc1ccc(C(F)(F)F)cc1)NC(C)=O. The first-order valence-electron chi connectivity index (χ1n) is 5.89. The molecule has 5 nitrogen and oxygen atoms in total. The lowest BCUT2D eigenvalue weighted by Gasteiger charge is -2.16. The molecule has 0 bridgehead atoms. The van der Waals surface area contributed by atoms with Gasteiger partial charge in [0, 0.05) is 6.92 Å². The predicted molar refractivity (Wildman–Crippen MR) is 66.6 cm³/mol. The van der Waals surface area contributed by atoms with Gasteiger partial charge in [0.25, 0.3) is 0 Å². The fraction of sp³-hybridized carbons (Fsp3) is 0.385. The van der Waals surface area contributed by atoms with E-state index >= 15 is 0 Å². The third-order valence-electron chi connectivity index (χ3n) is 2.46. The van der Waals surface area contributed by atoms with Crippen molar-refractivity contribution in [2.45, 2.75) is 19.1 Å². The van der Waals surface area contributed by atoms with E-state index in [9.17, 15) is 22.8 Å². The molecule has 1 unspecified atom stereocenters. The van der Waals surface area contributed by atoms with Crippen LogP contribution in [0.1, 0.15) is 12.5 Å². The summed E-state index contributed by atoms with van der Waals surface area (Å²) in [4.78, 5) is 22.3. The Morgan fingerprint density at radius 1 is 1.24 bits per heavy atom. The normalized spacial score (nSPS) is 12.4. The summed E-state index contributed by atoms with van der Waals surface area (Å²) in [6, 6.07) is 2.95. The van der Waals surface area contributed by atoms with Gasteiger partial charge in [0.1, 0.15) is 12.4 Å². The summed E-state index contributed by atoms with van der Waals surface area (Å²) in [6.45, 7) is 0.964. The van der Waals surface area contributed by atoms with Crippen molar-refractivity contribution in [3.8, 4) is 5.75 Å². The molecule has 0 saturated heterocycles. The van der Waals surface area contributed by atoms with Crippen molar-refractivity contribution in [2.75, 3.05) is 13.7 Å². The number of ether oxygens (including phenoxy) is 2. The van der Waals surface area contributed by atoms with Crippen molar-refractivity contribution in [1.82, 2.24) is 5.32 Å². The van der Waals surface area contributed by atoms with Gasteiger partial charge in [-0.1, -0.05) is 0 Å². The number of benzene rings is 1. The maximum absolute atomic E-state index is 12.4. The van der Waals surface area contributed by atoms with Gasteiger partial charge in [-0.15, -0.1) is 0 Å². The second-order valence-corrected chi connectivity index (χ2v) is 4.11. The Morgan fingerprint density at radius 2 is 1.81 bits per heavy atom.